The van der Waals surface area contributed by atoms with Crippen LogP contribution in [-0.2, 0) is 29.7 Å². The van der Waals surface area contributed by atoms with Crippen LogP contribution in [0.1, 0.15) is 43.6 Å². The van der Waals surface area contributed by atoms with E-state index in [-0.39, 0.29) is 11.2 Å². The molecule has 214 valence electrons. The highest BCUT2D eigenvalue weighted by Gasteiger charge is 2.39. The Bertz CT molecular complexity index is 1040. The lowest BCUT2D eigenvalue weighted by atomic mass is 10.3. The highest BCUT2D eigenvalue weighted by Crippen LogP contribution is 2.50. The number of hydrogen-bond acceptors (Lipinski definition) is 8. The zero-order valence-electron chi connectivity index (χ0n) is 19.5. The quantitative estimate of drug-likeness (QED) is 0.141. The fourth-order valence-electron chi connectivity index (χ4n) is 2.44. The number of amides is 1. The van der Waals surface area contributed by atoms with E-state index in [0.29, 0.717) is 6.42 Å². The van der Waals surface area contributed by atoms with Crippen molar-refractivity contribution in [3.05, 3.63) is 32.3 Å². The van der Waals surface area contributed by atoms with Crippen LogP contribution >= 0.6 is 7.60 Å². The molecular weight excluding hydrogens is 550 g/mol. The van der Waals surface area contributed by atoms with E-state index < -0.39 is 80.8 Å². The maximum Gasteiger partial charge on any atom is 0.412 e. The van der Waals surface area contributed by atoms with Gasteiger partial charge in [0.15, 0.2) is 18.9 Å². The first-order valence-corrected chi connectivity index (χ1v) is 12.3. The topological polar surface area (TPSA) is 138 Å². The summed E-state index contributed by atoms with van der Waals surface area (Å²) in [6, 6.07) is 0. The lowest BCUT2D eigenvalue weighted by molar-refractivity contribution is -0.166. The first-order chi connectivity index (χ1) is 17.0. The van der Waals surface area contributed by atoms with Crippen molar-refractivity contribution < 1.29 is 58.7 Å². The minimum Gasteiger partial charge on any atom is -0.364 e. The summed E-state index contributed by atoms with van der Waals surface area (Å²) in [4.78, 5) is 43.0. The molecule has 0 fully saturated rings. The van der Waals surface area contributed by atoms with Gasteiger partial charge in [-0.15, -0.1) is 0 Å². The molecule has 0 aromatic carbocycles. The number of rotatable bonds is 15. The number of hydrogen-bond donors (Lipinski definition) is 2. The SMILES string of the molecule is CCCCCONC(=O)c1[nH]c(=O)n(C[C@@H](C)OCP(=O)(OCC(F)(F)F)OCC(F)(F)F)c(=O)c1F. The van der Waals surface area contributed by atoms with Crippen LogP contribution in [0.5, 0.6) is 0 Å². The van der Waals surface area contributed by atoms with E-state index in [2.05, 4.69) is 9.05 Å². The van der Waals surface area contributed by atoms with E-state index in [0.717, 1.165) is 19.8 Å². The number of alkyl halides is 6. The van der Waals surface area contributed by atoms with Crippen LogP contribution < -0.4 is 16.7 Å². The molecule has 1 aromatic rings. The molecule has 1 heterocycles. The summed E-state index contributed by atoms with van der Waals surface area (Å²) in [6.07, 6.45) is -10.7. The zero-order chi connectivity index (χ0) is 28.4. The number of unbranched alkanes of at least 4 members (excludes halogenated alkanes) is 2. The lowest BCUT2D eigenvalue weighted by Gasteiger charge is -2.22. The second-order valence-corrected chi connectivity index (χ2v) is 9.51. The van der Waals surface area contributed by atoms with Crippen molar-refractivity contribution in [2.75, 3.05) is 26.2 Å². The van der Waals surface area contributed by atoms with Gasteiger partial charge in [0.05, 0.1) is 19.3 Å². The average Bonchev–Trinajstić information content (AvgIpc) is 2.79. The summed E-state index contributed by atoms with van der Waals surface area (Å²) < 4.78 is 114. The molecule has 19 heteroatoms. The number of carbonyl (C=O) groups excluding carboxylic acids is 1. The Morgan fingerprint density at radius 1 is 1.08 bits per heavy atom. The molecule has 0 bridgehead atoms. The molecule has 0 spiro atoms. The second kappa shape index (κ2) is 14.0. The Balaban J connectivity index is 2.90. The van der Waals surface area contributed by atoms with Gasteiger partial charge < -0.3 is 4.74 Å². The molecule has 0 saturated heterocycles. The Hall–Kier alpha value is -2.27. The van der Waals surface area contributed by atoms with Crippen molar-refractivity contribution in [3.63, 3.8) is 0 Å². The van der Waals surface area contributed by atoms with E-state index in [1.54, 1.807) is 0 Å². The Morgan fingerprint density at radius 3 is 2.16 bits per heavy atom. The summed E-state index contributed by atoms with van der Waals surface area (Å²) in [5.74, 6) is -2.95. The van der Waals surface area contributed by atoms with Gasteiger partial charge in [0.2, 0.25) is 5.82 Å². The molecular formula is C18H25F7N3O8P. The monoisotopic (exact) mass is 575 g/mol. The highest BCUT2D eigenvalue weighted by molar-refractivity contribution is 7.53. The Morgan fingerprint density at radius 2 is 1.65 bits per heavy atom. The van der Waals surface area contributed by atoms with Gasteiger partial charge in [0.1, 0.15) is 6.35 Å². The molecule has 1 rings (SSSR count). The van der Waals surface area contributed by atoms with E-state index >= 15 is 0 Å². The molecule has 0 aliphatic heterocycles. The van der Waals surface area contributed by atoms with Crippen molar-refractivity contribution in [1.82, 2.24) is 15.0 Å². The van der Waals surface area contributed by atoms with Gasteiger partial charge in [-0.1, -0.05) is 19.8 Å². The van der Waals surface area contributed by atoms with Crippen LogP contribution in [0.15, 0.2) is 9.59 Å². The largest absolute Gasteiger partial charge is 0.412 e. The number of aromatic amines is 1. The van der Waals surface area contributed by atoms with E-state index in [1.807, 2.05) is 17.4 Å². The third kappa shape index (κ3) is 12.2. The lowest BCUT2D eigenvalue weighted by Crippen LogP contribution is -2.43. The minimum atomic E-state index is -5.12. The summed E-state index contributed by atoms with van der Waals surface area (Å²) in [5.41, 5.74) is -2.09. The Kier molecular flexibility index (Phi) is 12.4. The standard InChI is InChI=1S/C18H25F7N3O8P/c1-3-4-5-6-34-27-14(29)13-12(19)15(30)28(16(31)26-13)7-11(2)33-10-37(32,35-8-17(20,21)22)36-9-18(23,24)25/h11H,3-10H2,1-2H3,(H,26,31)(H,27,29)/t11-/m1/s1. The van der Waals surface area contributed by atoms with E-state index in [1.165, 1.54) is 0 Å². The van der Waals surface area contributed by atoms with Gasteiger partial charge >= 0.3 is 25.6 Å². The average molecular weight is 575 g/mol. The fourth-order valence-corrected chi connectivity index (χ4v) is 3.79. The highest BCUT2D eigenvalue weighted by atomic mass is 31.2. The zero-order valence-corrected chi connectivity index (χ0v) is 20.4. The summed E-state index contributed by atoms with van der Waals surface area (Å²) in [6.45, 7) is -2.15. The fraction of sp³-hybridized carbons (Fsp3) is 0.722. The van der Waals surface area contributed by atoms with Crippen molar-refractivity contribution in [2.24, 2.45) is 0 Å². The minimum absolute atomic E-state index is 0.0839. The van der Waals surface area contributed by atoms with E-state index in [9.17, 15) is 49.7 Å². The van der Waals surface area contributed by atoms with Crippen LogP contribution in [0, 0.1) is 5.82 Å². The molecule has 2 N–H and O–H groups in total. The van der Waals surface area contributed by atoms with Crippen molar-refractivity contribution >= 4 is 13.5 Å². The van der Waals surface area contributed by atoms with Gasteiger partial charge in [-0.05, 0) is 13.3 Å². The van der Waals surface area contributed by atoms with Crippen LogP contribution in [0.2, 0.25) is 0 Å². The predicted molar refractivity (Wildman–Crippen MR) is 111 cm³/mol. The first-order valence-electron chi connectivity index (χ1n) is 10.6. The number of halogens is 7. The molecule has 37 heavy (non-hydrogen) atoms. The smallest absolute Gasteiger partial charge is 0.364 e. The molecule has 0 unspecified atom stereocenters. The van der Waals surface area contributed by atoms with Crippen molar-refractivity contribution in [1.29, 1.82) is 0 Å². The maximum atomic E-state index is 14.4. The van der Waals surface area contributed by atoms with Crippen LogP contribution in [0.25, 0.3) is 0 Å². The first kappa shape index (κ1) is 32.8. The molecule has 1 amide bonds. The molecule has 0 aliphatic rings. The molecule has 0 radical (unpaired) electrons. The Labute approximate surface area is 204 Å². The number of nitrogens with zero attached hydrogens (tertiary/aromatic N) is 1. The normalized spacial score (nSPS) is 13.5. The number of hydroxylamine groups is 1. The van der Waals surface area contributed by atoms with Gasteiger partial charge in [-0.25, -0.2) is 10.3 Å². The molecule has 0 aliphatic carbocycles. The number of aromatic nitrogens is 2. The second-order valence-electron chi connectivity index (χ2n) is 7.52. The predicted octanol–water partition coefficient (Wildman–Crippen LogP) is 3.24. The molecule has 1 aromatic heterocycles. The number of ether oxygens (including phenoxy) is 1. The van der Waals surface area contributed by atoms with Gasteiger partial charge in [0.25, 0.3) is 11.5 Å². The number of H-pyrrole nitrogens is 1. The van der Waals surface area contributed by atoms with Gasteiger partial charge in [-0.2, -0.15) is 30.7 Å². The van der Waals surface area contributed by atoms with E-state index in [4.69, 9.17) is 9.57 Å². The summed E-state index contributed by atoms with van der Waals surface area (Å²) >= 11 is 0. The van der Waals surface area contributed by atoms with Crippen molar-refractivity contribution in [2.45, 2.75) is 58.1 Å². The molecule has 0 saturated carbocycles. The number of carbonyl (C=O) groups is 1. The third-order valence-corrected chi connectivity index (χ3v) is 5.69. The van der Waals surface area contributed by atoms with Crippen LogP contribution in [0.3, 0.4) is 0 Å². The summed E-state index contributed by atoms with van der Waals surface area (Å²) in [5, 5.41) is 0. The molecule has 1 atom stereocenters. The third-order valence-electron chi connectivity index (χ3n) is 4.18. The van der Waals surface area contributed by atoms with Gasteiger partial charge in [0, 0.05) is 0 Å². The summed E-state index contributed by atoms with van der Waals surface area (Å²) in [7, 11) is -5.12. The van der Waals surface area contributed by atoms with Gasteiger partial charge in [-0.3, -0.25) is 37.6 Å². The maximum absolute atomic E-state index is 14.4. The molecule has 11 nitrogen and oxygen atoms in total. The number of nitrogens with one attached hydrogen (secondary N) is 2. The van der Waals surface area contributed by atoms with Crippen molar-refractivity contribution in [3.8, 4) is 0 Å². The van der Waals surface area contributed by atoms with Crippen LogP contribution in [0.4, 0.5) is 30.7 Å². The van der Waals surface area contributed by atoms with Crippen LogP contribution in [-0.4, -0.2) is 60.1 Å².